The third-order valence-electron chi connectivity index (χ3n) is 5.91. The van der Waals surface area contributed by atoms with Crippen LogP contribution in [0, 0.1) is 19.3 Å². The Balaban J connectivity index is 1.72. The van der Waals surface area contributed by atoms with Crippen molar-refractivity contribution in [2.75, 3.05) is 31.9 Å². The Kier molecular flexibility index (Phi) is 5.16. The molecule has 0 aromatic carbocycles. The summed E-state index contributed by atoms with van der Waals surface area (Å²) in [5, 5.41) is 0. The summed E-state index contributed by atoms with van der Waals surface area (Å²) >= 11 is 0. The molecule has 2 aliphatic rings. The van der Waals surface area contributed by atoms with Crippen molar-refractivity contribution in [3.8, 4) is 0 Å². The van der Waals surface area contributed by atoms with Crippen LogP contribution in [0.4, 0.5) is 5.95 Å². The third kappa shape index (κ3) is 3.66. The van der Waals surface area contributed by atoms with E-state index in [9.17, 15) is 9.59 Å². The number of piperidine rings is 2. The van der Waals surface area contributed by atoms with E-state index in [0.29, 0.717) is 12.8 Å². The molecule has 0 unspecified atom stereocenters. The van der Waals surface area contributed by atoms with Crippen LogP contribution in [-0.4, -0.2) is 57.8 Å². The number of aromatic nitrogens is 2. The quantitative estimate of drug-likeness (QED) is 0.882. The molecule has 3 heterocycles. The lowest BCUT2D eigenvalue weighted by atomic mass is 9.73. The van der Waals surface area contributed by atoms with E-state index in [1.807, 2.05) is 30.6 Å². The van der Waals surface area contributed by atoms with Gasteiger partial charge in [-0.25, -0.2) is 9.97 Å². The summed E-state index contributed by atoms with van der Waals surface area (Å²) in [6.45, 7) is 8.81. The maximum absolute atomic E-state index is 13.0. The van der Waals surface area contributed by atoms with Gasteiger partial charge in [-0.15, -0.1) is 0 Å². The average molecular weight is 359 g/mol. The maximum atomic E-state index is 13.0. The number of rotatable bonds is 3. The zero-order valence-electron chi connectivity index (χ0n) is 16.0. The Bertz CT molecular complexity index is 697. The van der Waals surface area contributed by atoms with Crippen LogP contribution in [0.2, 0.25) is 0 Å². The molecule has 0 radical (unpaired) electrons. The molecule has 0 saturated carbocycles. The summed E-state index contributed by atoms with van der Waals surface area (Å²) < 4.78 is 0. The molecule has 2 amide bonds. The van der Waals surface area contributed by atoms with Crippen molar-refractivity contribution in [2.24, 2.45) is 5.41 Å². The topological polar surface area (TPSA) is 92.4 Å². The highest BCUT2D eigenvalue weighted by atomic mass is 16.2. The van der Waals surface area contributed by atoms with Gasteiger partial charge >= 0.3 is 0 Å². The molecule has 1 aromatic heterocycles. The number of likely N-dealkylation sites (tertiary alicyclic amines) is 2. The Morgan fingerprint density at radius 2 is 1.88 bits per heavy atom. The second kappa shape index (κ2) is 7.21. The summed E-state index contributed by atoms with van der Waals surface area (Å²) in [6.07, 6.45) is 3.87. The molecule has 2 saturated heterocycles. The number of carbonyl (C=O) groups is 2. The van der Waals surface area contributed by atoms with Gasteiger partial charge < -0.3 is 15.5 Å². The second-order valence-electron chi connectivity index (χ2n) is 7.73. The van der Waals surface area contributed by atoms with E-state index < -0.39 is 0 Å². The summed E-state index contributed by atoms with van der Waals surface area (Å²) in [5.74, 6) is 0.607. The van der Waals surface area contributed by atoms with Crippen molar-refractivity contribution in [3.63, 3.8) is 0 Å². The molecule has 1 spiro atoms. The molecule has 2 fully saturated rings. The number of nitrogens with zero attached hydrogens (tertiary/aromatic N) is 4. The highest BCUT2D eigenvalue weighted by Gasteiger charge is 2.42. The zero-order valence-corrected chi connectivity index (χ0v) is 16.0. The van der Waals surface area contributed by atoms with Gasteiger partial charge in [-0.1, -0.05) is 0 Å². The highest BCUT2D eigenvalue weighted by molar-refractivity contribution is 5.80. The molecule has 142 valence electrons. The Morgan fingerprint density at radius 3 is 2.54 bits per heavy atom. The SMILES string of the molecule is CCN1C[C@@]2(CCCN(C(=O)Cc3c(C)nc(N)nc3C)C2)CCC1=O. The number of carbonyl (C=O) groups excluding carboxylic acids is 2. The van der Waals surface area contributed by atoms with Crippen molar-refractivity contribution in [1.82, 2.24) is 19.8 Å². The van der Waals surface area contributed by atoms with E-state index in [1.54, 1.807) is 0 Å². The van der Waals surface area contributed by atoms with Gasteiger partial charge in [0, 0.05) is 55.0 Å². The van der Waals surface area contributed by atoms with E-state index in [1.165, 1.54) is 0 Å². The summed E-state index contributed by atoms with van der Waals surface area (Å²) in [5.41, 5.74) is 8.16. The standard InChI is InChI=1S/C19H29N5O2/c1-4-23-11-19(8-6-16(23)25)7-5-9-24(12-19)17(26)10-15-13(2)21-18(20)22-14(15)3/h4-12H2,1-3H3,(H2,20,21,22)/t19-/m1/s1. The Labute approximate surface area is 155 Å². The van der Waals surface area contributed by atoms with Crippen molar-refractivity contribution < 1.29 is 9.59 Å². The van der Waals surface area contributed by atoms with E-state index >= 15 is 0 Å². The lowest BCUT2D eigenvalue weighted by Gasteiger charge is -2.48. The smallest absolute Gasteiger partial charge is 0.227 e. The van der Waals surface area contributed by atoms with Crippen LogP contribution in [0.25, 0.3) is 0 Å². The van der Waals surface area contributed by atoms with E-state index in [2.05, 4.69) is 9.97 Å². The van der Waals surface area contributed by atoms with Crippen LogP contribution >= 0.6 is 0 Å². The lowest BCUT2D eigenvalue weighted by Crippen LogP contribution is -2.55. The van der Waals surface area contributed by atoms with E-state index in [0.717, 1.165) is 62.4 Å². The second-order valence-corrected chi connectivity index (χ2v) is 7.73. The number of hydrogen-bond donors (Lipinski definition) is 1. The summed E-state index contributed by atoms with van der Waals surface area (Å²) in [4.78, 5) is 37.3. The molecule has 0 aliphatic carbocycles. The molecule has 0 bridgehead atoms. The first-order valence-corrected chi connectivity index (χ1v) is 9.49. The molecule has 1 aromatic rings. The molecule has 26 heavy (non-hydrogen) atoms. The number of aryl methyl sites for hydroxylation is 2. The third-order valence-corrected chi connectivity index (χ3v) is 5.91. The van der Waals surface area contributed by atoms with Gasteiger partial charge in [0.25, 0.3) is 0 Å². The highest BCUT2D eigenvalue weighted by Crippen LogP contribution is 2.39. The normalized spacial score (nSPS) is 23.6. The largest absolute Gasteiger partial charge is 0.368 e. The van der Waals surface area contributed by atoms with Crippen LogP contribution < -0.4 is 5.73 Å². The maximum Gasteiger partial charge on any atom is 0.227 e. The number of nitrogens with two attached hydrogens (primary N) is 1. The Hall–Kier alpha value is -2.18. The van der Waals surface area contributed by atoms with Gasteiger partial charge in [0.2, 0.25) is 17.8 Å². The monoisotopic (exact) mass is 359 g/mol. The molecule has 2 N–H and O–H groups in total. The Morgan fingerprint density at radius 1 is 1.19 bits per heavy atom. The molecule has 3 rings (SSSR count). The molecule has 2 aliphatic heterocycles. The van der Waals surface area contributed by atoms with Crippen molar-refractivity contribution in [3.05, 3.63) is 17.0 Å². The van der Waals surface area contributed by atoms with Gasteiger partial charge in [-0.05, 0) is 40.0 Å². The van der Waals surface area contributed by atoms with E-state index in [-0.39, 0.29) is 23.2 Å². The fraction of sp³-hybridized carbons (Fsp3) is 0.684. The fourth-order valence-corrected chi connectivity index (χ4v) is 4.43. The molecular formula is C19H29N5O2. The van der Waals surface area contributed by atoms with Gasteiger partial charge in [-0.2, -0.15) is 0 Å². The van der Waals surface area contributed by atoms with Crippen molar-refractivity contribution in [1.29, 1.82) is 0 Å². The predicted octanol–water partition coefficient (Wildman–Crippen LogP) is 1.47. The minimum Gasteiger partial charge on any atom is -0.368 e. The van der Waals surface area contributed by atoms with Gasteiger partial charge in [0.1, 0.15) is 0 Å². The number of anilines is 1. The van der Waals surface area contributed by atoms with Gasteiger partial charge in [0.05, 0.1) is 6.42 Å². The van der Waals surface area contributed by atoms with Crippen molar-refractivity contribution in [2.45, 2.75) is 52.9 Å². The van der Waals surface area contributed by atoms with Crippen LogP contribution in [0.15, 0.2) is 0 Å². The van der Waals surface area contributed by atoms with Crippen molar-refractivity contribution >= 4 is 17.8 Å². The minimum atomic E-state index is 0.0551. The summed E-state index contributed by atoms with van der Waals surface area (Å²) in [6, 6.07) is 0. The zero-order chi connectivity index (χ0) is 18.9. The van der Waals surface area contributed by atoms with Gasteiger partial charge in [0.15, 0.2) is 0 Å². The average Bonchev–Trinajstić information content (AvgIpc) is 2.60. The van der Waals surface area contributed by atoms with Crippen LogP contribution in [0.5, 0.6) is 0 Å². The number of nitrogen functional groups attached to an aromatic ring is 1. The first kappa shape index (κ1) is 18.6. The van der Waals surface area contributed by atoms with Crippen LogP contribution in [0.1, 0.15) is 49.6 Å². The van der Waals surface area contributed by atoms with Crippen LogP contribution in [-0.2, 0) is 16.0 Å². The van der Waals surface area contributed by atoms with Crippen LogP contribution in [0.3, 0.4) is 0 Å². The number of hydrogen-bond acceptors (Lipinski definition) is 5. The first-order chi connectivity index (χ1) is 12.3. The molecule has 1 atom stereocenters. The lowest BCUT2D eigenvalue weighted by molar-refractivity contribution is -0.142. The summed E-state index contributed by atoms with van der Waals surface area (Å²) in [7, 11) is 0. The molecule has 7 heteroatoms. The number of amides is 2. The minimum absolute atomic E-state index is 0.0551. The molecule has 7 nitrogen and oxygen atoms in total. The molecular weight excluding hydrogens is 330 g/mol. The first-order valence-electron chi connectivity index (χ1n) is 9.49. The van der Waals surface area contributed by atoms with E-state index in [4.69, 9.17) is 5.73 Å². The predicted molar refractivity (Wildman–Crippen MR) is 99.4 cm³/mol. The fourth-order valence-electron chi connectivity index (χ4n) is 4.43. The van der Waals surface area contributed by atoms with Gasteiger partial charge in [-0.3, -0.25) is 9.59 Å².